The number of carbonyl (C=O) groups is 3. The SMILES string of the molecule is CC/C=C\C/C=C\C/C=C\C/C=C\C/C=C\C/C=C\C/C=C\C/C=C\CCCCCCC(=O)OC(COC(=O)CCCCCCCCCCCCCCCCCCCCC/C=C\C/C=C\CCCCCCC)COC(OCC[N+](C)(C)C)C(=O)[O-]. The summed E-state index contributed by atoms with van der Waals surface area (Å²) in [7, 11) is 5.92. The quantitative estimate of drug-likeness (QED) is 0.0195. The van der Waals surface area contributed by atoms with Crippen molar-refractivity contribution in [3.05, 3.63) is 122 Å². The molecule has 0 fully saturated rings. The molecule has 0 aromatic rings. The number of likely N-dealkylation sites (N-methyl/N-ethyl adjacent to an activating group) is 1. The van der Waals surface area contributed by atoms with Crippen LogP contribution in [0.4, 0.5) is 0 Å². The third-order valence-electron chi connectivity index (χ3n) is 14.7. The van der Waals surface area contributed by atoms with E-state index in [1.54, 1.807) is 0 Å². The van der Waals surface area contributed by atoms with Crippen LogP contribution in [-0.2, 0) is 33.3 Å². The van der Waals surface area contributed by atoms with Crippen molar-refractivity contribution in [1.29, 1.82) is 0 Å². The number of carbonyl (C=O) groups excluding carboxylic acids is 3. The number of quaternary nitrogens is 1. The molecule has 0 aliphatic heterocycles. The highest BCUT2D eigenvalue weighted by atomic mass is 16.7. The number of unbranched alkanes of at least 4 members (excludes halogenated alkanes) is 28. The van der Waals surface area contributed by atoms with Gasteiger partial charge in [0.1, 0.15) is 13.2 Å². The van der Waals surface area contributed by atoms with Crippen molar-refractivity contribution < 1.29 is 42.9 Å². The van der Waals surface area contributed by atoms with Crippen molar-refractivity contribution in [2.45, 2.75) is 296 Å². The fraction of sp³-hybridized carbons (Fsp3) is 0.697. The van der Waals surface area contributed by atoms with Crippen LogP contribution in [-0.4, -0.2) is 82.3 Å². The van der Waals surface area contributed by atoms with Crippen LogP contribution < -0.4 is 5.11 Å². The summed E-state index contributed by atoms with van der Waals surface area (Å²) in [5.74, 6) is -2.32. The number of carboxylic acids is 1. The highest BCUT2D eigenvalue weighted by Gasteiger charge is 2.22. The lowest BCUT2D eigenvalue weighted by Crippen LogP contribution is -2.44. The van der Waals surface area contributed by atoms with Gasteiger partial charge in [-0.2, -0.15) is 0 Å². The molecule has 0 aliphatic rings. The molecule has 0 radical (unpaired) electrons. The molecule has 0 heterocycles. The Morgan fingerprint density at radius 2 is 0.671 bits per heavy atom. The van der Waals surface area contributed by atoms with Crippen LogP contribution >= 0.6 is 0 Å². The first-order valence-electron chi connectivity index (χ1n) is 34.7. The predicted octanol–water partition coefficient (Wildman–Crippen LogP) is 20.2. The maximum Gasteiger partial charge on any atom is 0.306 e. The number of carboxylic acid groups (broad SMARTS) is 1. The first-order chi connectivity index (χ1) is 41.6. The van der Waals surface area contributed by atoms with E-state index in [9.17, 15) is 19.5 Å². The van der Waals surface area contributed by atoms with Crippen LogP contribution in [0, 0.1) is 0 Å². The van der Waals surface area contributed by atoms with Gasteiger partial charge in [0, 0.05) is 12.8 Å². The standard InChI is InChI=1S/C76H129NO8/c1-6-8-10-12-14-16-18-20-22-24-26-28-30-32-34-36-37-39-40-42-44-46-48-50-52-54-56-58-60-62-64-66-73(78)83-70-72(71-84-76(75(80)81)82-69-68-77(3,4)5)85-74(79)67-65-63-61-59-57-55-53-51-49-47-45-43-41-38-35-33-31-29-27-25-23-21-19-17-15-13-11-9-7-2/h9,11,15,17-18,20-21,23-24,26-27,29,33,35,41,43,47,49,53,55,72,76H,6-8,10,12-14,16,19,22,25,28,30-32,34,36-40,42,44-46,48,50-52,54,56-71H2,1-5H3/b11-9-,17-15-,20-18-,23-21-,26-24-,29-27-,35-33-,43-41-,49-47-,55-53-. The second-order valence-electron chi connectivity index (χ2n) is 24.1. The first kappa shape index (κ1) is 80.7. The van der Waals surface area contributed by atoms with Gasteiger partial charge < -0.3 is 33.3 Å². The minimum absolute atomic E-state index is 0.137. The fourth-order valence-electron chi connectivity index (χ4n) is 9.41. The number of hydrogen-bond acceptors (Lipinski definition) is 8. The number of aliphatic carboxylic acids is 1. The molecule has 2 unspecified atom stereocenters. The number of ether oxygens (including phenoxy) is 4. The Labute approximate surface area is 523 Å². The molecule has 9 nitrogen and oxygen atoms in total. The highest BCUT2D eigenvalue weighted by molar-refractivity contribution is 5.70. The normalized spacial score (nSPS) is 13.5. The largest absolute Gasteiger partial charge is 0.545 e. The van der Waals surface area contributed by atoms with E-state index in [0.717, 1.165) is 103 Å². The molecule has 9 heteroatoms. The van der Waals surface area contributed by atoms with E-state index in [-0.39, 0.29) is 38.6 Å². The summed E-state index contributed by atoms with van der Waals surface area (Å²) in [4.78, 5) is 37.5. The van der Waals surface area contributed by atoms with Gasteiger partial charge >= 0.3 is 11.9 Å². The van der Waals surface area contributed by atoms with E-state index < -0.39 is 24.3 Å². The summed E-state index contributed by atoms with van der Waals surface area (Å²) in [6, 6.07) is 0. The molecule has 0 saturated carbocycles. The minimum Gasteiger partial charge on any atom is -0.545 e. The second kappa shape index (κ2) is 65.7. The number of rotatable bonds is 63. The van der Waals surface area contributed by atoms with E-state index >= 15 is 0 Å². The third kappa shape index (κ3) is 67.1. The van der Waals surface area contributed by atoms with E-state index in [0.29, 0.717) is 17.4 Å². The molecule has 0 aromatic heterocycles. The molecular weight excluding hydrogens is 1050 g/mol. The molecule has 0 bridgehead atoms. The highest BCUT2D eigenvalue weighted by Crippen LogP contribution is 2.17. The van der Waals surface area contributed by atoms with E-state index in [4.69, 9.17) is 18.9 Å². The molecule has 0 saturated heterocycles. The predicted molar refractivity (Wildman–Crippen MR) is 361 cm³/mol. The zero-order valence-electron chi connectivity index (χ0n) is 55.4. The molecule has 0 amide bonds. The summed E-state index contributed by atoms with van der Waals surface area (Å²) in [6.07, 6.45) is 89.9. The Hall–Kier alpha value is -4.31. The molecule has 85 heavy (non-hydrogen) atoms. The van der Waals surface area contributed by atoms with Crippen LogP contribution in [0.2, 0.25) is 0 Å². The minimum atomic E-state index is -1.64. The van der Waals surface area contributed by atoms with Crippen molar-refractivity contribution >= 4 is 17.9 Å². The number of allylic oxidation sites excluding steroid dienone is 20. The summed E-state index contributed by atoms with van der Waals surface area (Å²) >= 11 is 0. The van der Waals surface area contributed by atoms with Crippen LogP contribution in [0.3, 0.4) is 0 Å². The molecule has 0 rings (SSSR count). The van der Waals surface area contributed by atoms with Gasteiger partial charge in [-0.25, -0.2) is 0 Å². The molecular formula is C76H129NO8. The molecule has 0 aliphatic carbocycles. The average molecular weight is 1180 g/mol. The summed E-state index contributed by atoms with van der Waals surface area (Å²) in [6.45, 7) is 4.61. The molecule has 0 N–H and O–H groups in total. The lowest BCUT2D eigenvalue weighted by atomic mass is 10.0. The lowest BCUT2D eigenvalue weighted by molar-refractivity contribution is -0.870. The smallest absolute Gasteiger partial charge is 0.306 e. The second-order valence-corrected chi connectivity index (χ2v) is 24.1. The zero-order chi connectivity index (χ0) is 61.9. The van der Waals surface area contributed by atoms with E-state index in [1.165, 1.54) is 148 Å². The van der Waals surface area contributed by atoms with Gasteiger partial charge in [0.15, 0.2) is 12.4 Å². The number of nitrogens with zero attached hydrogens (tertiary/aromatic N) is 1. The van der Waals surface area contributed by atoms with E-state index in [2.05, 4.69) is 135 Å². The van der Waals surface area contributed by atoms with Crippen LogP contribution in [0.5, 0.6) is 0 Å². The molecule has 0 aromatic carbocycles. The van der Waals surface area contributed by atoms with Crippen molar-refractivity contribution in [3.8, 4) is 0 Å². The Morgan fingerprint density at radius 3 is 1.00 bits per heavy atom. The van der Waals surface area contributed by atoms with Crippen molar-refractivity contribution in [2.24, 2.45) is 0 Å². The van der Waals surface area contributed by atoms with Gasteiger partial charge in [0.05, 0.1) is 40.3 Å². The topological polar surface area (TPSA) is 111 Å². The first-order valence-corrected chi connectivity index (χ1v) is 34.7. The van der Waals surface area contributed by atoms with Gasteiger partial charge in [-0.1, -0.05) is 283 Å². The Balaban J connectivity index is 4.19. The van der Waals surface area contributed by atoms with Crippen molar-refractivity contribution in [2.75, 3.05) is 47.5 Å². The summed E-state index contributed by atoms with van der Waals surface area (Å²) in [5, 5.41) is 11.8. The molecule has 486 valence electrons. The van der Waals surface area contributed by atoms with Gasteiger partial charge in [0.25, 0.3) is 0 Å². The van der Waals surface area contributed by atoms with Crippen molar-refractivity contribution in [3.63, 3.8) is 0 Å². The number of esters is 2. The lowest BCUT2D eigenvalue weighted by Gasteiger charge is -2.26. The monoisotopic (exact) mass is 1180 g/mol. The maximum atomic E-state index is 12.9. The molecule has 0 spiro atoms. The van der Waals surface area contributed by atoms with Crippen LogP contribution in [0.15, 0.2) is 122 Å². The zero-order valence-corrected chi connectivity index (χ0v) is 55.4. The summed E-state index contributed by atoms with van der Waals surface area (Å²) < 4.78 is 22.8. The van der Waals surface area contributed by atoms with Crippen LogP contribution in [0.25, 0.3) is 0 Å². The van der Waals surface area contributed by atoms with Gasteiger partial charge in [-0.05, 0) is 109 Å². The maximum absolute atomic E-state index is 12.9. The van der Waals surface area contributed by atoms with Gasteiger partial charge in [-0.3, -0.25) is 9.59 Å². The van der Waals surface area contributed by atoms with Crippen LogP contribution in [0.1, 0.15) is 284 Å². The Kier molecular flexibility index (Phi) is 62.3. The Bertz CT molecular complexity index is 1810. The average Bonchev–Trinajstić information content (AvgIpc) is 3.48. The molecule has 2 atom stereocenters. The summed E-state index contributed by atoms with van der Waals surface area (Å²) in [5.41, 5.74) is 0. The fourth-order valence-corrected chi connectivity index (χ4v) is 9.41. The van der Waals surface area contributed by atoms with Crippen molar-refractivity contribution in [1.82, 2.24) is 0 Å². The van der Waals surface area contributed by atoms with Gasteiger partial charge in [0.2, 0.25) is 0 Å². The third-order valence-corrected chi connectivity index (χ3v) is 14.7. The Morgan fingerprint density at radius 1 is 0.365 bits per heavy atom. The number of hydrogen-bond donors (Lipinski definition) is 0. The van der Waals surface area contributed by atoms with Gasteiger partial charge in [-0.15, -0.1) is 0 Å². The van der Waals surface area contributed by atoms with E-state index in [1.807, 2.05) is 21.1 Å².